The Morgan fingerprint density at radius 2 is 2.15 bits per heavy atom. The predicted octanol–water partition coefficient (Wildman–Crippen LogP) is 2.00. The van der Waals surface area contributed by atoms with Gasteiger partial charge in [-0.3, -0.25) is 14.6 Å². The molecule has 0 aliphatic carbocycles. The summed E-state index contributed by atoms with van der Waals surface area (Å²) in [6.45, 7) is 3.80. The van der Waals surface area contributed by atoms with E-state index in [9.17, 15) is 4.79 Å². The maximum Gasteiger partial charge on any atom is 0.335 e. The molecule has 2 N–H and O–H groups in total. The van der Waals surface area contributed by atoms with Crippen molar-refractivity contribution < 1.29 is 9.90 Å². The fraction of sp³-hybridized carbons (Fsp3) is 0.263. The van der Waals surface area contributed by atoms with Gasteiger partial charge in [-0.05, 0) is 23.8 Å². The molecule has 1 aliphatic heterocycles. The third kappa shape index (κ3) is 4.12. The number of anilines is 1. The van der Waals surface area contributed by atoms with Gasteiger partial charge in [0.1, 0.15) is 5.82 Å². The van der Waals surface area contributed by atoms with Crippen LogP contribution in [-0.4, -0.2) is 42.3 Å². The Kier molecular flexibility index (Phi) is 4.80. The van der Waals surface area contributed by atoms with Crippen LogP contribution in [0.1, 0.15) is 27.3 Å². The lowest BCUT2D eigenvalue weighted by atomic mass is 10.1. The average Bonchev–Trinajstić information content (AvgIpc) is 3.09. The summed E-state index contributed by atoms with van der Waals surface area (Å²) in [5.74, 6) is -0.169. The number of aromatic nitrogens is 4. The summed E-state index contributed by atoms with van der Waals surface area (Å²) in [6, 6.07) is 9.22. The van der Waals surface area contributed by atoms with Gasteiger partial charge < -0.3 is 10.4 Å². The highest BCUT2D eigenvalue weighted by molar-refractivity contribution is 5.87. The summed E-state index contributed by atoms with van der Waals surface area (Å²) in [6.07, 6.45) is 4.97. The second kappa shape index (κ2) is 7.55. The molecule has 8 heteroatoms. The van der Waals surface area contributed by atoms with Gasteiger partial charge in [0.05, 0.1) is 36.2 Å². The summed E-state index contributed by atoms with van der Waals surface area (Å²) >= 11 is 0. The number of carbonyl (C=O) groups is 1. The first-order valence-corrected chi connectivity index (χ1v) is 8.77. The molecule has 4 rings (SSSR count). The highest BCUT2D eigenvalue weighted by atomic mass is 16.4. The topological polar surface area (TPSA) is 96.2 Å². The molecule has 0 radical (unpaired) electrons. The number of hydrogen-bond donors (Lipinski definition) is 2. The first-order chi connectivity index (χ1) is 13.2. The molecule has 0 amide bonds. The van der Waals surface area contributed by atoms with E-state index in [1.807, 2.05) is 10.7 Å². The second-order valence-electron chi connectivity index (χ2n) is 6.51. The van der Waals surface area contributed by atoms with Crippen molar-refractivity contribution in [3.63, 3.8) is 0 Å². The highest BCUT2D eigenvalue weighted by Crippen LogP contribution is 2.17. The summed E-state index contributed by atoms with van der Waals surface area (Å²) in [7, 11) is 0. The van der Waals surface area contributed by atoms with Crippen molar-refractivity contribution in [3.05, 3.63) is 71.4 Å². The van der Waals surface area contributed by atoms with Gasteiger partial charge in [0.25, 0.3) is 0 Å². The number of nitrogens with one attached hydrogen (secondary N) is 1. The van der Waals surface area contributed by atoms with Gasteiger partial charge in [-0.2, -0.15) is 5.10 Å². The Morgan fingerprint density at radius 1 is 1.22 bits per heavy atom. The number of fused-ring (bicyclic) bond motifs is 1. The Labute approximate surface area is 156 Å². The fourth-order valence-electron chi connectivity index (χ4n) is 3.23. The molecule has 27 heavy (non-hydrogen) atoms. The van der Waals surface area contributed by atoms with Crippen molar-refractivity contribution in [2.24, 2.45) is 0 Å². The zero-order chi connectivity index (χ0) is 18.6. The van der Waals surface area contributed by atoms with Crippen LogP contribution in [0.4, 0.5) is 5.82 Å². The Balaban J connectivity index is 1.39. The molecule has 138 valence electrons. The van der Waals surface area contributed by atoms with E-state index in [0.29, 0.717) is 12.1 Å². The molecule has 0 saturated heterocycles. The molecule has 8 nitrogen and oxygen atoms in total. The van der Waals surface area contributed by atoms with Crippen molar-refractivity contribution in [1.29, 1.82) is 0 Å². The highest BCUT2D eigenvalue weighted by Gasteiger charge is 2.19. The normalized spacial score (nSPS) is 13.9. The molecule has 1 aromatic carbocycles. The van der Waals surface area contributed by atoms with E-state index in [4.69, 9.17) is 5.11 Å². The van der Waals surface area contributed by atoms with Crippen LogP contribution in [0.2, 0.25) is 0 Å². The Morgan fingerprint density at radius 3 is 2.96 bits per heavy atom. The summed E-state index contributed by atoms with van der Waals surface area (Å²) in [4.78, 5) is 21.7. The zero-order valence-corrected chi connectivity index (χ0v) is 14.7. The van der Waals surface area contributed by atoms with Gasteiger partial charge in [-0.15, -0.1) is 0 Å². The number of benzene rings is 1. The van der Waals surface area contributed by atoms with Crippen LogP contribution in [0, 0.1) is 0 Å². The van der Waals surface area contributed by atoms with E-state index >= 15 is 0 Å². The van der Waals surface area contributed by atoms with Crippen LogP contribution in [0.3, 0.4) is 0 Å². The third-order valence-electron chi connectivity index (χ3n) is 4.52. The predicted molar refractivity (Wildman–Crippen MR) is 99.1 cm³/mol. The number of aromatic carboxylic acids is 1. The molecule has 0 saturated carbocycles. The molecular formula is C19H20N6O2. The lowest BCUT2D eigenvalue weighted by molar-refractivity contribution is 0.0696. The molecular weight excluding hydrogens is 344 g/mol. The Bertz CT molecular complexity index is 940. The van der Waals surface area contributed by atoms with Gasteiger partial charge in [0, 0.05) is 32.0 Å². The van der Waals surface area contributed by atoms with Crippen LogP contribution >= 0.6 is 0 Å². The van der Waals surface area contributed by atoms with Crippen LogP contribution in [0.5, 0.6) is 0 Å². The molecule has 0 spiro atoms. The standard InChI is InChI=1S/C19H20N6O2/c26-19(27)15-3-1-2-14(8-15)12-24-6-7-25-17(13-24)9-16(23-25)10-22-18-11-20-4-5-21-18/h1-5,8-9,11H,6-7,10,12-13H2,(H,21,22)(H,26,27). The lowest BCUT2D eigenvalue weighted by Gasteiger charge is -2.27. The number of hydrogen-bond acceptors (Lipinski definition) is 6. The van der Waals surface area contributed by atoms with Crippen molar-refractivity contribution in [2.75, 3.05) is 11.9 Å². The summed E-state index contributed by atoms with van der Waals surface area (Å²) in [5, 5.41) is 17.0. The fourth-order valence-corrected chi connectivity index (χ4v) is 3.23. The Hall–Kier alpha value is -3.26. The smallest absolute Gasteiger partial charge is 0.335 e. The third-order valence-corrected chi connectivity index (χ3v) is 4.52. The molecule has 1 aliphatic rings. The SMILES string of the molecule is O=C(O)c1cccc(CN2CCn3nc(CNc4cnccn4)cc3C2)c1. The van der Waals surface area contributed by atoms with Crippen LogP contribution in [-0.2, 0) is 26.2 Å². The van der Waals surface area contributed by atoms with E-state index < -0.39 is 5.97 Å². The van der Waals surface area contributed by atoms with E-state index in [-0.39, 0.29) is 0 Å². The van der Waals surface area contributed by atoms with Gasteiger partial charge in [-0.1, -0.05) is 12.1 Å². The molecule has 3 heterocycles. The van der Waals surface area contributed by atoms with Crippen molar-refractivity contribution in [1.82, 2.24) is 24.6 Å². The monoisotopic (exact) mass is 364 g/mol. The zero-order valence-electron chi connectivity index (χ0n) is 14.7. The quantitative estimate of drug-likeness (QED) is 0.690. The van der Waals surface area contributed by atoms with E-state index in [1.54, 1.807) is 36.8 Å². The second-order valence-corrected chi connectivity index (χ2v) is 6.51. The minimum absolute atomic E-state index is 0.326. The summed E-state index contributed by atoms with van der Waals surface area (Å²) in [5.41, 5.74) is 3.45. The van der Waals surface area contributed by atoms with Crippen LogP contribution < -0.4 is 5.32 Å². The minimum atomic E-state index is -0.895. The molecule has 0 unspecified atom stereocenters. The summed E-state index contributed by atoms with van der Waals surface area (Å²) < 4.78 is 2.04. The maximum absolute atomic E-state index is 11.1. The van der Waals surface area contributed by atoms with Crippen LogP contribution in [0.25, 0.3) is 0 Å². The molecule has 3 aromatic rings. The van der Waals surface area contributed by atoms with Gasteiger partial charge in [0.15, 0.2) is 0 Å². The van der Waals surface area contributed by atoms with Crippen LogP contribution in [0.15, 0.2) is 48.9 Å². The molecule has 0 fully saturated rings. The van der Waals surface area contributed by atoms with Gasteiger partial charge in [-0.25, -0.2) is 9.78 Å². The molecule has 0 bridgehead atoms. The largest absolute Gasteiger partial charge is 0.478 e. The minimum Gasteiger partial charge on any atom is -0.478 e. The number of carboxylic acid groups (broad SMARTS) is 1. The number of carboxylic acids is 1. The average molecular weight is 364 g/mol. The van der Waals surface area contributed by atoms with E-state index in [2.05, 4.69) is 31.3 Å². The van der Waals surface area contributed by atoms with Crippen molar-refractivity contribution in [3.8, 4) is 0 Å². The maximum atomic E-state index is 11.1. The van der Waals surface area contributed by atoms with Gasteiger partial charge in [0.2, 0.25) is 0 Å². The van der Waals surface area contributed by atoms with Gasteiger partial charge >= 0.3 is 5.97 Å². The molecule has 2 aromatic heterocycles. The first kappa shape index (κ1) is 17.2. The van der Waals surface area contributed by atoms with Crippen molar-refractivity contribution >= 4 is 11.8 Å². The first-order valence-electron chi connectivity index (χ1n) is 8.77. The number of rotatable bonds is 6. The number of nitrogens with zero attached hydrogens (tertiary/aromatic N) is 5. The molecule has 0 atom stereocenters. The van der Waals surface area contributed by atoms with Crippen molar-refractivity contribution in [2.45, 2.75) is 26.2 Å². The van der Waals surface area contributed by atoms with E-state index in [0.717, 1.165) is 48.9 Å². The lowest BCUT2D eigenvalue weighted by Crippen LogP contribution is -2.33. The van der Waals surface area contributed by atoms with E-state index in [1.165, 1.54) is 0 Å².